The predicted molar refractivity (Wildman–Crippen MR) is 53.5 cm³/mol. The fraction of sp³-hybridized carbons (Fsp3) is 0.500. The molecule has 0 heterocycles. The van der Waals surface area contributed by atoms with E-state index in [2.05, 4.69) is 24.3 Å². The van der Waals surface area contributed by atoms with Crippen molar-refractivity contribution in [2.45, 2.75) is 25.7 Å². The third kappa shape index (κ3) is 1.75. The lowest BCUT2D eigenvalue weighted by atomic mass is 9.66. The summed E-state index contributed by atoms with van der Waals surface area (Å²) in [6.45, 7) is 0.349. The van der Waals surface area contributed by atoms with Crippen LogP contribution >= 0.6 is 0 Å². The Morgan fingerprint density at radius 3 is 2.31 bits per heavy atom. The van der Waals surface area contributed by atoms with E-state index < -0.39 is 0 Å². The van der Waals surface area contributed by atoms with Crippen LogP contribution in [-0.4, -0.2) is 11.7 Å². The van der Waals surface area contributed by atoms with Crippen LogP contribution in [0.25, 0.3) is 0 Å². The maximum atomic E-state index is 9.30. The van der Waals surface area contributed by atoms with Gasteiger partial charge in [0.05, 0.1) is 0 Å². The molecule has 1 saturated carbocycles. The zero-order valence-electron chi connectivity index (χ0n) is 7.87. The first-order chi connectivity index (χ1) is 6.35. The summed E-state index contributed by atoms with van der Waals surface area (Å²) in [5, 5.41) is 9.30. The van der Waals surface area contributed by atoms with E-state index in [4.69, 9.17) is 0 Å². The molecule has 1 nitrogen and oxygen atoms in total. The second-order valence-corrected chi connectivity index (χ2v) is 4.17. The topological polar surface area (TPSA) is 20.2 Å². The molecule has 0 spiro atoms. The molecule has 1 heteroatoms. The highest BCUT2D eigenvalue weighted by molar-refractivity contribution is 5.17. The average Bonchev–Trinajstić information content (AvgIpc) is 2.13. The molecule has 0 bridgehead atoms. The van der Waals surface area contributed by atoms with Gasteiger partial charge in [-0.25, -0.2) is 0 Å². The van der Waals surface area contributed by atoms with Crippen LogP contribution in [-0.2, 0) is 6.42 Å². The van der Waals surface area contributed by atoms with Crippen molar-refractivity contribution in [2.24, 2.45) is 5.41 Å². The van der Waals surface area contributed by atoms with Gasteiger partial charge in [0.2, 0.25) is 0 Å². The summed E-state index contributed by atoms with van der Waals surface area (Å²) in [4.78, 5) is 0. The van der Waals surface area contributed by atoms with E-state index in [0.29, 0.717) is 6.61 Å². The highest BCUT2D eigenvalue weighted by Crippen LogP contribution is 2.43. The van der Waals surface area contributed by atoms with Gasteiger partial charge in [-0.1, -0.05) is 36.8 Å². The number of hydrogen-bond donors (Lipinski definition) is 1. The SMILES string of the molecule is OCC1(Cc2ccccc2)CCC1. The molecule has 0 unspecified atom stereocenters. The van der Waals surface area contributed by atoms with Crippen molar-refractivity contribution < 1.29 is 5.11 Å². The molecule has 0 amide bonds. The summed E-state index contributed by atoms with van der Waals surface area (Å²) in [6, 6.07) is 10.5. The van der Waals surface area contributed by atoms with E-state index in [1.807, 2.05) is 6.07 Å². The van der Waals surface area contributed by atoms with Crippen molar-refractivity contribution in [3.05, 3.63) is 35.9 Å². The van der Waals surface area contributed by atoms with E-state index in [9.17, 15) is 5.11 Å². The second-order valence-electron chi connectivity index (χ2n) is 4.17. The summed E-state index contributed by atoms with van der Waals surface area (Å²) in [5.74, 6) is 0. The molecule has 1 fully saturated rings. The lowest BCUT2D eigenvalue weighted by Gasteiger charge is -2.40. The van der Waals surface area contributed by atoms with Crippen LogP contribution in [0.3, 0.4) is 0 Å². The molecule has 0 saturated heterocycles. The fourth-order valence-electron chi connectivity index (χ4n) is 2.10. The van der Waals surface area contributed by atoms with Gasteiger partial charge in [0.1, 0.15) is 0 Å². The maximum Gasteiger partial charge on any atom is 0.0490 e. The number of benzene rings is 1. The number of aliphatic hydroxyl groups excluding tert-OH is 1. The Hall–Kier alpha value is -0.820. The monoisotopic (exact) mass is 176 g/mol. The lowest BCUT2D eigenvalue weighted by molar-refractivity contribution is 0.0450. The minimum Gasteiger partial charge on any atom is -0.396 e. The fourth-order valence-corrected chi connectivity index (χ4v) is 2.10. The van der Waals surface area contributed by atoms with Gasteiger partial charge >= 0.3 is 0 Å². The van der Waals surface area contributed by atoms with Gasteiger partial charge in [0.25, 0.3) is 0 Å². The smallest absolute Gasteiger partial charge is 0.0490 e. The molecule has 0 radical (unpaired) electrons. The van der Waals surface area contributed by atoms with Gasteiger partial charge in [-0.05, 0) is 30.2 Å². The van der Waals surface area contributed by atoms with Gasteiger partial charge in [-0.3, -0.25) is 0 Å². The Bertz CT molecular complexity index is 256. The molecular weight excluding hydrogens is 160 g/mol. The standard InChI is InChI=1S/C12H16O/c13-10-12(7-4-8-12)9-11-5-2-1-3-6-11/h1-3,5-6,13H,4,7-10H2. The zero-order chi connectivity index (χ0) is 9.15. The van der Waals surface area contributed by atoms with Crippen molar-refractivity contribution >= 4 is 0 Å². The second kappa shape index (κ2) is 3.51. The third-order valence-corrected chi connectivity index (χ3v) is 3.17. The molecule has 1 aromatic carbocycles. The molecular formula is C12H16O. The van der Waals surface area contributed by atoms with Crippen LogP contribution in [0, 0.1) is 5.41 Å². The van der Waals surface area contributed by atoms with Gasteiger partial charge < -0.3 is 5.11 Å². The van der Waals surface area contributed by atoms with Gasteiger partial charge in [0, 0.05) is 6.61 Å². The Balaban J connectivity index is 2.05. The van der Waals surface area contributed by atoms with Gasteiger partial charge in [-0.15, -0.1) is 0 Å². The minimum atomic E-state index is 0.224. The summed E-state index contributed by atoms with van der Waals surface area (Å²) < 4.78 is 0. The Morgan fingerprint density at radius 1 is 1.15 bits per heavy atom. The predicted octanol–water partition coefficient (Wildman–Crippen LogP) is 2.39. The van der Waals surface area contributed by atoms with Crippen LogP contribution in [0.1, 0.15) is 24.8 Å². The molecule has 2 rings (SSSR count). The molecule has 1 N–H and O–H groups in total. The van der Waals surface area contributed by atoms with E-state index >= 15 is 0 Å². The quantitative estimate of drug-likeness (QED) is 0.749. The van der Waals surface area contributed by atoms with Crippen LogP contribution in [0.4, 0.5) is 0 Å². The first-order valence-electron chi connectivity index (χ1n) is 4.99. The molecule has 0 atom stereocenters. The van der Waals surface area contributed by atoms with Crippen molar-refractivity contribution in [3.8, 4) is 0 Å². The van der Waals surface area contributed by atoms with Crippen molar-refractivity contribution in [1.29, 1.82) is 0 Å². The molecule has 1 aliphatic rings. The number of hydrogen-bond acceptors (Lipinski definition) is 1. The van der Waals surface area contributed by atoms with Gasteiger partial charge in [-0.2, -0.15) is 0 Å². The summed E-state index contributed by atoms with van der Waals surface area (Å²) >= 11 is 0. The molecule has 0 aromatic heterocycles. The minimum absolute atomic E-state index is 0.224. The lowest BCUT2D eigenvalue weighted by Crippen LogP contribution is -2.35. The van der Waals surface area contributed by atoms with Crippen LogP contribution < -0.4 is 0 Å². The van der Waals surface area contributed by atoms with Crippen molar-refractivity contribution in [1.82, 2.24) is 0 Å². The first kappa shape index (κ1) is 8.76. The van der Waals surface area contributed by atoms with E-state index in [1.54, 1.807) is 0 Å². The Morgan fingerprint density at radius 2 is 1.85 bits per heavy atom. The maximum absolute atomic E-state index is 9.30. The molecule has 1 aliphatic carbocycles. The molecule has 1 aromatic rings. The number of aliphatic hydroxyl groups is 1. The van der Waals surface area contributed by atoms with Crippen LogP contribution in [0.2, 0.25) is 0 Å². The highest BCUT2D eigenvalue weighted by Gasteiger charge is 2.35. The average molecular weight is 176 g/mol. The summed E-state index contributed by atoms with van der Waals surface area (Å²) in [7, 11) is 0. The number of rotatable bonds is 3. The van der Waals surface area contributed by atoms with Crippen molar-refractivity contribution in [3.63, 3.8) is 0 Å². The molecule has 0 aliphatic heterocycles. The first-order valence-corrected chi connectivity index (χ1v) is 4.99. The molecule has 70 valence electrons. The van der Waals surface area contributed by atoms with Crippen LogP contribution in [0.15, 0.2) is 30.3 Å². The van der Waals surface area contributed by atoms with Crippen molar-refractivity contribution in [2.75, 3.05) is 6.61 Å². The van der Waals surface area contributed by atoms with E-state index in [1.165, 1.54) is 24.8 Å². The largest absolute Gasteiger partial charge is 0.396 e. The van der Waals surface area contributed by atoms with E-state index in [-0.39, 0.29) is 5.41 Å². The zero-order valence-corrected chi connectivity index (χ0v) is 7.87. The van der Waals surface area contributed by atoms with Crippen LogP contribution in [0.5, 0.6) is 0 Å². The summed E-state index contributed by atoms with van der Waals surface area (Å²) in [6.07, 6.45) is 4.72. The van der Waals surface area contributed by atoms with E-state index in [0.717, 1.165) is 6.42 Å². The van der Waals surface area contributed by atoms with Gasteiger partial charge in [0.15, 0.2) is 0 Å². The Labute approximate surface area is 79.4 Å². The highest BCUT2D eigenvalue weighted by atomic mass is 16.3. The summed E-state index contributed by atoms with van der Waals surface area (Å²) in [5.41, 5.74) is 1.58. The third-order valence-electron chi connectivity index (χ3n) is 3.17. The molecule has 13 heavy (non-hydrogen) atoms. The normalized spacial score (nSPS) is 19.5. The Kier molecular flexibility index (Phi) is 2.36.